The van der Waals surface area contributed by atoms with E-state index in [0.717, 1.165) is 22.8 Å². The highest BCUT2D eigenvalue weighted by Crippen LogP contribution is 2.36. The van der Waals surface area contributed by atoms with Crippen LogP contribution in [0.25, 0.3) is 0 Å². The van der Waals surface area contributed by atoms with E-state index in [4.69, 9.17) is 0 Å². The maximum absolute atomic E-state index is 12.1. The number of rotatable bonds is 3. The van der Waals surface area contributed by atoms with E-state index in [0.29, 0.717) is 18.0 Å². The molecule has 5 nitrogen and oxygen atoms in total. The molecular weight excluding hydrogens is 357 g/mol. The number of nitrogens with one attached hydrogen (secondary N) is 3. The second kappa shape index (κ2) is 5.15. The number of aromatic amines is 1. The van der Waals surface area contributed by atoms with Crippen LogP contribution in [0, 0.1) is 9.49 Å². The summed E-state index contributed by atoms with van der Waals surface area (Å²) < 4.78 is 1.01. The average Bonchev–Trinajstić information content (AvgIpc) is 3.13. The number of amides is 2. The summed E-state index contributed by atoms with van der Waals surface area (Å²) in [5, 5.41) is 6.08. The third-order valence-corrected chi connectivity index (χ3v) is 4.41. The summed E-state index contributed by atoms with van der Waals surface area (Å²) in [6.07, 6.45) is 5.33. The van der Waals surface area contributed by atoms with E-state index in [1.54, 1.807) is 6.20 Å². The Morgan fingerprint density at radius 1 is 1.37 bits per heavy atom. The zero-order valence-corrected chi connectivity index (χ0v) is 12.6. The standard InChI is InChI=1S/C13H16IN3O2/c14-8-5-10(15-6-8)13(19)16-9-3-4-11(18)17-12(9)7-1-2-7/h5-7,9,12,15H,1-4H2,(H,16,19)(H,17,18). The Morgan fingerprint density at radius 2 is 2.16 bits per heavy atom. The number of carbonyl (C=O) groups is 2. The molecule has 0 spiro atoms. The lowest BCUT2D eigenvalue weighted by molar-refractivity contribution is -0.124. The Balaban J connectivity index is 1.67. The maximum atomic E-state index is 12.1. The first-order valence-electron chi connectivity index (χ1n) is 6.57. The van der Waals surface area contributed by atoms with Gasteiger partial charge in [-0.25, -0.2) is 0 Å². The Bertz CT molecular complexity index is 510. The van der Waals surface area contributed by atoms with Gasteiger partial charge in [-0.1, -0.05) is 0 Å². The second-order valence-electron chi connectivity index (χ2n) is 5.28. The highest BCUT2D eigenvalue weighted by atomic mass is 127. The molecule has 2 amide bonds. The molecule has 2 atom stereocenters. The fourth-order valence-electron chi connectivity index (χ4n) is 2.63. The van der Waals surface area contributed by atoms with Crippen LogP contribution in [0.2, 0.25) is 0 Å². The summed E-state index contributed by atoms with van der Waals surface area (Å²) in [7, 11) is 0. The molecule has 2 unspecified atom stereocenters. The Kier molecular flexibility index (Phi) is 3.51. The van der Waals surface area contributed by atoms with Gasteiger partial charge in [-0.2, -0.15) is 0 Å². The van der Waals surface area contributed by atoms with Gasteiger partial charge in [0.25, 0.3) is 5.91 Å². The molecule has 2 heterocycles. The molecule has 1 saturated heterocycles. The second-order valence-corrected chi connectivity index (χ2v) is 6.53. The number of hydrogen-bond donors (Lipinski definition) is 3. The highest BCUT2D eigenvalue weighted by Gasteiger charge is 2.40. The Morgan fingerprint density at radius 3 is 2.79 bits per heavy atom. The topological polar surface area (TPSA) is 74.0 Å². The number of H-pyrrole nitrogens is 1. The van der Waals surface area contributed by atoms with Crippen molar-refractivity contribution in [2.24, 2.45) is 5.92 Å². The van der Waals surface area contributed by atoms with Crippen molar-refractivity contribution in [3.63, 3.8) is 0 Å². The summed E-state index contributed by atoms with van der Waals surface area (Å²) >= 11 is 2.16. The van der Waals surface area contributed by atoms with Crippen LogP contribution < -0.4 is 10.6 Å². The van der Waals surface area contributed by atoms with Crippen molar-refractivity contribution in [3.05, 3.63) is 21.5 Å². The smallest absolute Gasteiger partial charge is 0.268 e. The zero-order valence-electron chi connectivity index (χ0n) is 10.4. The summed E-state index contributed by atoms with van der Waals surface area (Å²) in [6.45, 7) is 0. The van der Waals surface area contributed by atoms with Crippen molar-refractivity contribution < 1.29 is 9.59 Å². The number of aromatic nitrogens is 1. The van der Waals surface area contributed by atoms with Gasteiger partial charge in [0.05, 0.1) is 12.1 Å². The average molecular weight is 373 g/mol. The minimum atomic E-state index is -0.0882. The van der Waals surface area contributed by atoms with E-state index in [-0.39, 0.29) is 23.9 Å². The van der Waals surface area contributed by atoms with Crippen LogP contribution in [-0.4, -0.2) is 28.9 Å². The molecule has 3 N–H and O–H groups in total. The van der Waals surface area contributed by atoms with Gasteiger partial charge in [-0.3, -0.25) is 9.59 Å². The lowest BCUT2D eigenvalue weighted by Crippen LogP contribution is -2.56. The van der Waals surface area contributed by atoms with Crippen molar-refractivity contribution in [1.82, 2.24) is 15.6 Å². The molecular formula is C13H16IN3O2. The van der Waals surface area contributed by atoms with Crippen LogP contribution in [0.4, 0.5) is 0 Å². The number of carbonyl (C=O) groups excluding carboxylic acids is 2. The fourth-order valence-corrected chi connectivity index (χ4v) is 3.10. The number of hydrogen-bond acceptors (Lipinski definition) is 2. The molecule has 1 aliphatic heterocycles. The van der Waals surface area contributed by atoms with Gasteiger partial charge in [0.1, 0.15) is 5.69 Å². The summed E-state index contributed by atoms with van der Waals surface area (Å²) in [6, 6.07) is 1.99. The first-order valence-corrected chi connectivity index (χ1v) is 7.65. The molecule has 1 aliphatic carbocycles. The van der Waals surface area contributed by atoms with Crippen molar-refractivity contribution in [1.29, 1.82) is 0 Å². The molecule has 6 heteroatoms. The quantitative estimate of drug-likeness (QED) is 0.701. The van der Waals surface area contributed by atoms with Crippen LogP contribution in [-0.2, 0) is 4.79 Å². The zero-order chi connectivity index (χ0) is 13.4. The molecule has 1 saturated carbocycles. The lowest BCUT2D eigenvalue weighted by Gasteiger charge is -2.32. The Hall–Kier alpha value is -1.05. The highest BCUT2D eigenvalue weighted by molar-refractivity contribution is 14.1. The largest absolute Gasteiger partial charge is 0.356 e. The molecule has 102 valence electrons. The van der Waals surface area contributed by atoms with Crippen molar-refractivity contribution in [2.45, 2.75) is 37.8 Å². The molecule has 0 aromatic carbocycles. The lowest BCUT2D eigenvalue weighted by atomic mass is 9.94. The number of piperidine rings is 1. The third-order valence-electron chi connectivity index (χ3n) is 3.78. The van der Waals surface area contributed by atoms with Crippen LogP contribution in [0.3, 0.4) is 0 Å². The van der Waals surface area contributed by atoms with Gasteiger partial charge in [0.2, 0.25) is 5.91 Å². The normalized spacial score (nSPS) is 26.9. The molecule has 1 aromatic heterocycles. The SMILES string of the molecule is O=C1CCC(NC(=O)c2cc(I)c[nH]2)C(C2CC2)N1. The molecule has 1 aromatic rings. The fraction of sp³-hybridized carbons (Fsp3) is 0.538. The van der Waals surface area contributed by atoms with Crippen LogP contribution in [0.5, 0.6) is 0 Å². The molecule has 2 fully saturated rings. The minimum Gasteiger partial charge on any atom is -0.356 e. The molecule has 2 aliphatic rings. The monoisotopic (exact) mass is 373 g/mol. The summed E-state index contributed by atoms with van der Waals surface area (Å²) in [4.78, 5) is 26.6. The predicted octanol–water partition coefficient (Wildman–Crippen LogP) is 1.41. The van der Waals surface area contributed by atoms with Crippen LogP contribution in [0.1, 0.15) is 36.2 Å². The maximum Gasteiger partial charge on any atom is 0.268 e. The Labute approximate surface area is 125 Å². The van der Waals surface area contributed by atoms with Gasteiger partial charge in [-0.05, 0) is 53.8 Å². The first-order chi connectivity index (χ1) is 9.13. The van der Waals surface area contributed by atoms with E-state index >= 15 is 0 Å². The molecule has 0 radical (unpaired) electrons. The van der Waals surface area contributed by atoms with Gasteiger partial charge in [0, 0.05) is 16.2 Å². The minimum absolute atomic E-state index is 0.0543. The van der Waals surface area contributed by atoms with E-state index in [9.17, 15) is 9.59 Å². The van der Waals surface area contributed by atoms with Gasteiger partial charge in [-0.15, -0.1) is 0 Å². The van der Waals surface area contributed by atoms with Gasteiger partial charge < -0.3 is 15.6 Å². The van der Waals surface area contributed by atoms with E-state index < -0.39 is 0 Å². The van der Waals surface area contributed by atoms with Crippen molar-refractivity contribution in [2.75, 3.05) is 0 Å². The summed E-state index contributed by atoms with van der Waals surface area (Å²) in [5.41, 5.74) is 0.579. The van der Waals surface area contributed by atoms with Gasteiger partial charge in [0.15, 0.2) is 0 Å². The van der Waals surface area contributed by atoms with Gasteiger partial charge >= 0.3 is 0 Å². The third kappa shape index (κ3) is 2.93. The van der Waals surface area contributed by atoms with Crippen LogP contribution in [0.15, 0.2) is 12.3 Å². The molecule has 19 heavy (non-hydrogen) atoms. The predicted molar refractivity (Wildman–Crippen MR) is 78.7 cm³/mol. The molecule has 0 bridgehead atoms. The first kappa shape index (κ1) is 13.0. The van der Waals surface area contributed by atoms with Crippen molar-refractivity contribution in [3.8, 4) is 0 Å². The summed E-state index contributed by atoms with van der Waals surface area (Å²) in [5.74, 6) is 0.560. The number of halogens is 1. The van der Waals surface area contributed by atoms with Crippen LogP contribution >= 0.6 is 22.6 Å². The molecule has 3 rings (SSSR count). The van der Waals surface area contributed by atoms with E-state index in [1.807, 2.05) is 6.07 Å². The van der Waals surface area contributed by atoms with E-state index in [2.05, 4.69) is 38.2 Å². The van der Waals surface area contributed by atoms with E-state index in [1.165, 1.54) is 0 Å². The van der Waals surface area contributed by atoms with Crippen molar-refractivity contribution >= 4 is 34.4 Å².